The third kappa shape index (κ3) is 9.02. The molecule has 4 rings (SSSR count). The van der Waals surface area contributed by atoms with E-state index in [1.54, 1.807) is 60.7 Å². The lowest BCUT2D eigenvalue weighted by Crippen LogP contribution is -2.53. The number of ether oxygens (including phenoxy) is 1. The van der Waals surface area contributed by atoms with E-state index in [-0.39, 0.29) is 35.4 Å². The average molecular weight is 683 g/mol. The number of amides is 2. The van der Waals surface area contributed by atoms with Crippen molar-refractivity contribution in [1.29, 1.82) is 0 Å². The Bertz CT molecular complexity index is 1720. The SMILES string of the molecule is COc1ccc(N(CC(=O)N(Cc2ccc(Cl)c(Cl)c2)[C@H](Cc2ccccc2)C(=O)NCC(C)C)S(=O)(=O)c2ccccc2)cc1. The monoisotopic (exact) mass is 681 g/mol. The molecule has 0 saturated heterocycles. The van der Waals surface area contributed by atoms with Crippen molar-refractivity contribution in [2.45, 2.75) is 37.8 Å². The Labute approximate surface area is 280 Å². The lowest BCUT2D eigenvalue weighted by Gasteiger charge is -2.34. The number of methoxy groups -OCH3 is 1. The number of anilines is 1. The summed E-state index contributed by atoms with van der Waals surface area (Å²) in [5.41, 5.74) is 1.72. The second kappa shape index (κ2) is 16.0. The third-order valence-electron chi connectivity index (χ3n) is 7.26. The maximum absolute atomic E-state index is 14.5. The largest absolute Gasteiger partial charge is 0.497 e. The second-order valence-electron chi connectivity index (χ2n) is 11.1. The van der Waals surface area contributed by atoms with Crippen LogP contribution in [-0.2, 0) is 32.6 Å². The van der Waals surface area contributed by atoms with E-state index in [4.69, 9.17) is 27.9 Å². The van der Waals surface area contributed by atoms with Crippen molar-refractivity contribution in [2.75, 3.05) is 24.5 Å². The van der Waals surface area contributed by atoms with Crippen molar-refractivity contribution in [3.8, 4) is 5.75 Å². The Morgan fingerprint density at radius 3 is 2.04 bits per heavy atom. The van der Waals surface area contributed by atoms with Gasteiger partial charge in [0, 0.05) is 19.5 Å². The fourth-order valence-corrected chi connectivity index (χ4v) is 6.56. The molecule has 8 nitrogen and oxygen atoms in total. The van der Waals surface area contributed by atoms with Gasteiger partial charge in [-0.15, -0.1) is 0 Å². The Kier molecular flexibility index (Phi) is 12.1. The van der Waals surface area contributed by atoms with Gasteiger partial charge < -0.3 is 15.0 Å². The zero-order valence-corrected chi connectivity index (χ0v) is 28.2. The van der Waals surface area contributed by atoms with Crippen LogP contribution < -0.4 is 14.4 Å². The first kappa shape index (κ1) is 34.8. The van der Waals surface area contributed by atoms with Crippen LogP contribution >= 0.6 is 23.2 Å². The maximum Gasteiger partial charge on any atom is 0.264 e. The van der Waals surface area contributed by atoms with Crippen LogP contribution in [0, 0.1) is 5.92 Å². The Hall–Kier alpha value is -4.05. The number of benzene rings is 4. The summed E-state index contributed by atoms with van der Waals surface area (Å²) < 4.78 is 34.5. The number of hydrogen-bond donors (Lipinski definition) is 1. The number of carbonyl (C=O) groups is 2. The molecule has 11 heteroatoms. The summed E-state index contributed by atoms with van der Waals surface area (Å²) in [5, 5.41) is 3.61. The van der Waals surface area contributed by atoms with Crippen molar-refractivity contribution in [3.63, 3.8) is 0 Å². The predicted molar refractivity (Wildman–Crippen MR) is 183 cm³/mol. The van der Waals surface area contributed by atoms with Crippen molar-refractivity contribution in [2.24, 2.45) is 5.92 Å². The van der Waals surface area contributed by atoms with Crippen LogP contribution in [0.25, 0.3) is 0 Å². The molecular weight excluding hydrogens is 645 g/mol. The molecule has 4 aromatic rings. The van der Waals surface area contributed by atoms with Gasteiger partial charge in [-0.25, -0.2) is 8.42 Å². The van der Waals surface area contributed by atoms with E-state index in [1.165, 1.54) is 24.1 Å². The average Bonchev–Trinajstić information content (AvgIpc) is 3.06. The highest BCUT2D eigenvalue weighted by Gasteiger charge is 2.34. The molecule has 0 fully saturated rings. The van der Waals surface area contributed by atoms with E-state index >= 15 is 0 Å². The first-order valence-corrected chi connectivity index (χ1v) is 17.0. The molecule has 4 aromatic carbocycles. The minimum atomic E-state index is -4.21. The molecule has 242 valence electrons. The molecule has 0 unspecified atom stereocenters. The molecule has 0 radical (unpaired) electrons. The fraction of sp³-hybridized carbons (Fsp3) is 0.257. The molecule has 0 heterocycles. The van der Waals surface area contributed by atoms with Gasteiger partial charge in [0.2, 0.25) is 11.8 Å². The summed E-state index contributed by atoms with van der Waals surface area (Å²) in [6.45, 7) is 3.76. The quantitative estimate of drug-likeness (QED) is 0.162. The van der Waals surface area contributed by atoms with Crippen molar-refractivity contribution < 1.29 is 22.7 Å². The third-order valence-corrected chi connectivity index (χ3v) is 9.79. The Balaban J connectivity index is 1.80. The molecule has 0 saturated carbocycles. The number of hydrogen-bond acceptors (Lipinski definition) is 5. The van der Waals surface area contributed by atoms with E-state index in [0.29, 0.717) is 27.9 Å². The lowest BCUT2D eigenvalue weighted by molar-refractivity contribution is -0.140. The maximum atomic E-state index is 14.5. The lowest BCUT2D eigenvalue weighted by atomic mass is 10.0. The highest BCUT2D eigenvalue weighted by atomic mass is 35.5. The molecule has 0 aliphatic rings. The molecule has 0 spiro atoms. The van der Waals surface area contributed by atoms with Crippen molar-refractivity contribution in [3.05, 3.63) is 124 Å². The van der Waals surface area contributed by atoms with E-state index in [1.807, 2.05) is 44.2 Å². The van der Waals surface area contributed by atoms with E-state index in [0.717, 1.165) is 9.87 Å². The van der Waals surface area contributed by atoms with Gasteiger partial charge in [-0.3, -0.25) is 13.9 Å². The number of sulfonamides is 1. The van der Waals surface area contributed by atoms with Crippen LogP contribution in [0.3, 0.4) is 0 Å². The second-order valence-corrected chi connectivity index (χ2v) is 13.8. The number of rotatable bonds is 14. The topological polar surface area (TPSA) is 96.0 Å². The minimum Gasteiger partial charge on any atom is -0.497 e. The summed E-state index contributed by atoms with van der Waals surface area (Å²) >= 11 is 12.5. The summed E-state index contributed by atoms with van der Waals surface area (Å²) in [6, 6.07) is 27.7. The van der Waals surface area contributed by atoms with E-state index in [9.17, 15) is 18.0 Å². The van der Waals surface area contributed by atoms with Gasteiger partial charge >= 0.3 is 0 Å². The van der Waals surface area contributed by atoms with Crippen molar-refractivity contribution >= 4 is 50.7 Å². The standard InChI is InChI=1S/C35H37Cl2N3O5S/c1-25(2)22-38-35(42)33(21-26-10-6-4-7-11-26)39(23-27-14-19-31(36)32(37)20-27)34(41)24-40(28-15-17-29(45-3)18-16-28)46(43,44)30-12-8-5-9-13-30/h4-20,25,33H,21-24H2,1-3H3,(H,38,42)/t33-/m1/s1. The van der Waals surface area contributed by atoms with Gasteiger partial charge in [0.05, 0.1) is 27.7 Å². The molecular formula is C35H37Cl2N3O5S. The van der Waals surface area contributed by atoms with Gasteiger partial charge in [0.15, 0.2) is 0 Å². The van der Waals surface area contributed by atoms with E-state index in [2.05, 4.69) is 5.32 Å². The van der Waals surface area contributed by atoms with Crippen LogP contribution in [0.5, 0.6) is 5.75 Å². The highest BCUT2D eigenvalue weighted by molar-refractivity contribution is 7.92. The van der Waals surface area contributed by atoms with Gasteiger partial charge in [-0.05, 0) is 65.6 Å². The molecule has 0 aliphatic carbocycles. The molecule has 0 aliphatic heterocycles. The predicted octanol–water partition coefficient (Wildman–Crippen LogP) is 6.61. The Morgan fingerprint density at radius 2 is 1.46 bits per heavy atom. The first-order chi connectivity index (χ1) is 22.0. The van der Waals surface area contributed by atoms with E-state index < -0.39 is 28.5 Å². The molecule has 46 heavy (non-hydrogen) atoms. The summed E-state index contributed by atoms with van der Waals surface area (Å²) in [5.74, 6) is -0.241. The molecule has 2 amide bonds. The number of carbonyl (C=O) groups excluding carboxylic acids is 2. The summed E-state index contributed by atoms with van der Waals surface area (Å²) in [6.07, 6.45) is 0.200. The van der Waals surface area contributed by atoms with Gasteiger partial charge in [0.25, 0.3) is 10.0 Å². The number of nitrogens with one attached hydrogen (secondary N) is 1. The van der Waals surface area contributed by atoms with Crippen LogP contribution in [0.15, 0.2) is 108 Å². The van der Waals surface area contributed by atoms with Crippen LogP contribution in [0.4, 0.5) is 5.69 Å². The Morgan fingerprint density at radius 1 is 0.826 bits per heavy atom. The first-order valence-electron chi connectivity index (χ1n) is 14.8. The highest BCUT2D eigenvalue weighted by Crippen LogP contribution is 2.28. The van der Waals surface area contributed by atoms with Crippen LogP contribution in [-0.4, -0.2) is 51.4 Å². The fourth-order valence-electron chi connectivity index (χ4n) is 4.81. The van der Waals surface area contributed by atoms with Gasteiger partial charge in [-0.1, -0.05) is 91.6 Å². The smallest absolute Gasteiger partial charge is 0.264 e. The van der Waals surface area contributed by atoms with Crippen LogP contribution in [0.2, 0.25) is 10.0 Å². The van der Waals surface area contributed by atoms with Crippen molar-refractivity contribution in [1.82, 2.24) is 10.2 Å². The summed E-state index contributed by atoms with van der Waals surface area (Å²) in [7, 11) is -2.70. The molecule has 1 atom stereocenters. The normalized spacial score (nSPS) is 12.0. The molecule has 1 N–H and O–H groups in total. The number of halogens is 2. The zero-order chi connectivity index (χ0) is 33.3. The zero-order valence-electron chi connectivity index (χ0n) is 25.9. The molecule has 0 aromatic heterocycles. The minimum absolute atomic E-state index is 0.0187. The molecule has 0 bridgehead atoms. The van der Waals surface area contributed by atoms with Gasteiger partial charge in [-0.2, -0.15) is 0 Å². The van der Waals surface area contributed by atoms with Crippen LogP contribution in [0.1, 0.15) is 25.0 Å². The number of nitrogens with zero attached hydrogens (tertiary/aromatic N) is 2. The summed E-state index contributed by atoms with van der Waals surface area (Å²) in [4.78, 5) is 29.8. The van der Waals surface area contributed by atoms with Gasteiger partial charge in [0.1, 0.15) is 18.3 Å².